The predicted molar refractivity (Wildman–Crippen MR) is 202 cm³/mol. The molecule has 0 aliphatic carbocycles. The molecule has 0 aliphatic rings. The number of hydrogen-bond donors (Lipinski definition) is 0. The summed E-state index contributed by atoms with van der Waals surface area (Å²) in [6.45, 7) is 7.58. The van der Waals surface area contributed by atoms with Gasteiger partial charge in [-0.15, -0.1) is 0 Å². The molecule has 9 rings (SSSR count). The molecule has 0 saturated carbocycles. The van der Waals surface area contributed by atoms with Crippen molar-refractivity contribution in [1.82, 2.24) is 9.13 Å². The first kappa shape index (κ1) is 28.8. The summed E-state index contributed by atoms with van der Waals surface area (Å²) in [5, 5.41) is 24.3. The number of aromatic nitrogens is 2. The highest BCUT2D eigenvalue weighted by Crippen LogP contribution is 2.40. The third kappa shape index (κ3) is 4.38. The maximum absolute atomic E-state index is 10.4. The van der Waals surface area contributed by atoms with E-state index in [-0.39, 0.29) is 0 Å². The molecule has 0 saturated heterocycles. The summed E-state index contributed by atoms with van der Waals surface area (Å²) >= 11 is 0. The van der Waals surface area contributed by atoms with Gasteiger partial charge in [-0.25, -0.2) is 4.85 Å². The van der Waals surface area contributed by atoms with Crippen molar-refractivity contribution < 1.29 is 0 Å². The van der Waals surface area contributed by atoms with Crippen LogP contribution in [0.3, 0.4) is 0 Å². The lowest BCUT2D eigenvalue weighted by Gasteiger charge is -2.16. The Bertz CT molecular complexity index is 2960. The van der Waals surface area contributed by atoms with E-state index >= 15 is 0 Å². The van der Waals surface area contributed by atoms with Crippen molar-refractivity contribution in [2.24, 2.45) is 0 Å². The molecule has 5 heteroatoms. The van der Waals surface area contributed by atoms with Crippen LogP contribution in [-0.4, -0.2) is 9.13 Å². The quantitative estimate of drug-likeness (QED) is 0.181. The average molecular weight is 636 g/mol. The Morgan fingerprint density at radius 1 is 0.480 bits per heavy atom. The van der Waals surface area contributed by atoms with Crippen molar-refractivity contribution in [3.8, 4) is 45.8 Å². The molecule has 0 unspecified atom stereocenters. The van der Waals surface area contributed by atoms with Gasteiger partial charge in [-0.3, -0.25) is 0 Å². The van der Waals surface area contributed by atoms with Crippen LogP contribution in [0, 0.1) is 29.2 Å². The molecule has 0 amide bonds. The number of nitrogens with zero attached hydrogens (tertiary/aromatic N) is 5. The molecule has 0 atom stereocenters. The minimum Gasteiger partial charge on any atom is -0.311 e. The van der Waals surface area contributed by atoms with Gasteiger partial charge in [0.05, 0.1) is 52.1 Å². The van der Waals surface area contributed by atoms with Gasteiger partial charge in [0.1, 0.15) is 0 Å². The first-order valence-electron chi connectivity index (χ1n) is 16.3. The van der Waals surface area contributed by atoms with Gasteiger partial charge in [0.25, 0.3) is 0 Å². The molecule has 230 valence electrons. The highest BCUT2D eigenvalue weighted by molar-refractivity contribution is 6.11. The topological polar surface area (TPSA) is 61.8 Å². The normalized spacial score (nSPS) is 11.1. The molecule has 5 nitrogen and oxygen atoms in total. The van der Waals surface area contributed by atoms with Crippen molar-refractivity contribution in [2.45, 2.75) is 0 Å². The van der Waals surface area contributed by atoms with Crippen molar-refractivity contribution >= 4 is 49.3 Å². The van der Waals surface area contributed by atoms with Gasteiger partial charge < -0.3 is 9.13 Å². The Labute approximate surface area is 288 Å². The second-order valence-corrected chi connectivity index (χ2v) is 12.3. The zero-order valence-electron chi connectivity index (χ0n) is 26.7. The fourth-order valence-electron chi connectivity index (χ4n) is 7.39. The molecule has 9 aromatic rings. The van der Waals surface area contributed by atoms with Crippen LogP contribution in [0.25, 0.3) is 82.1 Å². The standard InChI is InChI=1S/C45H25N5/c1-48-34-19-22-38-36-11-2-4-13-40(36)49(44(38)26-34)35-20-17-30(18-21-35)31-8-6-9-32(25-31)45-33(28-47)10-7-15-43(45)50-41-14-5-3-12-37(41)39-24-29(27-46)16-23-42(39)50/h2-26H. The fourth-order valence-corrected chi connectivity index (χ4v) is 7.39. The molecule has 0 aliphatic heterocycles. The summed E-state index contributed by atoms with van der Waals surface area (Å²) in [6, 6.07) is 55.6. The highest BCUT2D eigenvalue weighted by atomic mass is 15.0. The van der Waals surface area contributed by atoms with Crippen LogP contribution in [0.15, 0.2) is 152 Å². The van der Waals surface area contributed by atoms with Gasteiger partial charge in [-0.1, -0.05) is 84.9 Å². The predicted octanol–water partition coefficient (Wildman–Crippen LogP) is 11.5. The summed E-state index contributed by atoms with van der Waals surface area (Å²) in [6.07, 6.45) is 0. The number of nitriles is 2. The largest absolute Gasteiger partial charge is 0.311 e. The molecular formula is C45H25N5. The first-order chi connectivity index (χ1) is 24.7. The lowest BCUT2D eigenvalue weighted by molar-refractivity contribution is 1.18. The maximum atomic E-state index is 10.4. The molecular weight excluding hydrogens is 611 g/mol. The molecule has 2 heterocycles. The van der Waals surface area contributed by atoms with Crippen LogP contribution >= 0.6 is 0 Å². The van der Waals surface area contributed by atoms with E-state index in [9.17, 15) is 10.5 Å². The van der Waals surface area contributed by atoms with Gasteiger partial charge in [0, 0.05) is 38.3 Å². The third-order valence-corrected chi connectivity index (χ3v) is 9.60. The smallest absolute Gasteiger partial charge is 0.189 e. The number of para-hydroxylation sites is 2. The molecule has 0 bridgehead atoms. The zero-order valence-corrected chi connectivity index (χ0v) is 26.7. The third-order valence-electron chi connectivity index (χ3n) is 9.60. The van der Waals surface area contributed by atoms with E-state index in [1.807, 2.05) is 78.9 Å². The molecule has 7 aromatic carbocycles. The Kier molecular flexibility index (Phi) is 6.56. The van der Waals surface area contributed by atoms with Crippen LogP contribution < -0.4 is 0 Å². The lowest BCUT2D eigenvalue weighted by Crippen LogP contribution is -1.99. The summed E-state index contributed by atoms with van der Waals surface area (Å²) in [7, 11) is 0. The SMILES string of the molecule is [C-]#[N+]c1ccc2c3ccccc3n(-c3ccc(-c4cccc(-c5c(C#N)cccc5-n5c6ccccc6c6cc(C#N)ccc65)c4)cc3)c2c1. The molecule has 0 radical (unpaired) electrons. The van der Waals surface area contributed by atoms with E-state index in [2.05, 4.69) is 98.9 Å². The van der Waals surface area contributed by atoms with Crippen molar-refractivity contribution in [1.29, 1.82) is 10.5 Å². The van der Waals surface area contributed by atoms with E-state index in [4.69, 9.17) is 6.57 Å². The fraction of sp³-hybridized carbons (Fsp3) is 0. The van der Waals surface area contributed by atoms with E-state index in [1.54, 1.807) is 0 Å². The minimum absolute atomic E-state index is 0.583. The van der Waals surface area contributed by atoms with Gasteiger partial charge in [0.15, 0.2) is 5.69 Å². The summed E-state index contributed by atoms with van der Waals surface area (Å²) in [5.41, 5.74) is 11.7. The Morgan fingerprint density at radius 3 is 1.92 bits per heavy atom. The number of hydrogen-bond acceptors (Lipinski definition) is 2. The molecule has 0 fully saturated rings. The van der Waals surface area contributed by atoms with Gasteiger partial charge in [-0.2, -0.15) is 10.5 Å². The Hall–Kier alpha value is -7.39. The second kappa shape index (κ2) is 11.4. The van der Waals surface area contributed by atoms with Crippen molar-refractivity contribution in [3.63, 3.8) is 0 Å². The van der Waals surface area contributed by atoms with Crippen LogP contribution in [0.5, 0.6) is 0 Å². The van der Waals surface area contributed by atoms with Crippen LogP contribution in [0.4, 0.5) is 5.69 Å². The monoisotopic (exact) mass is 635 g/mol. The van der Waals surface area contributed by atoms with Crippen LogP contribution in [-0.2, 0) is 0 Å². The Balaban J connectivity index is 1.19. The van der Waals surface area contributed by atoms with Gasteiger partial charge in [0.2, 0.25) is 0 Å². The van der Waals surface area contributed by atoms with E-state index in [0.717, 1.165) is 77.2 Å². The summed E-state index contributed by atoms with van der Waals surface area (Å²) in [4.78, 5) is 3.69. The lowest BCUT2D eigenvalue weighted by atomic mass is 9.94. The maximum Gasteiger partial charge on any atom is 0.189 e. The van der Waals surface area contributed by atoms with E-state index in [1.165, 1.54) is 0 Å². The van der Waals surface area contributed by atoms with Crippen LogP contribution in [0.2, 0.25) is 0 Å². The van der Waals surface area contributed by atoms with Crippen molar-refractivity contribution in [3.05, 3.63) is 174 Å². The van der Waals surface area contributed by atoms with Crippen molar-refractivity contribution in [2.75, 3.05) is 0 Å². The zero-order chi connectivity index (χ0) is 33.8. The summed E-state index contributed by atoms with van der Waals surface area (Å²) < 4.78 is 4.43. The van der Waals surface area contributed by atoms with Gasteiger partial charge >= 0.3 is 0 Å². The van der Waals surface area contributed by atoms with Gasteiger partial charge in [-0.05, 0) is 83.4 Å². The first-order valence-corrected chi connectivity index (χ1v) is 16.3. The Morgan fingerprint density at radius 2 is 1.16 bits per heavy atom. The highest BCUT2D eigenvalue weighted by Gasteiger charge is 2.19. The molecule has 2 aromatic heterocycles. The average Bonchev–Trinajstić information content (AvgIpc) is 3.69. The second-order valence-electron chi connectivity index (χ2n) is 12.3. The number of benzene rings is 7. The summed E-state index contributed by atoms with van der Waals surface area (Å²) in [5.74, 6) is 0. The van der Waals surface area contributed by atoms with E-state index in [0.29, 0.717) is 16.8 Å². The van der Waals surface area contributed by atoms with E-state index < -0.39 is 0 Å². The number of rotatable bonds is 4. The molecule has 50 heavy (non-hydrogen) atoms. The van der Waals surface area contributed by atoms with Crippen LogP contribution in [0.1, 0.15) is 11.1 Å². The number of fused-ring (bicyclic) bond motifs is 6. The molecule has 0 N–H and O–H groups in total. The molecule has 0 spiro atoms. The minimum atomic E-state index is 0.583.